The minimum absolute atomic E-state index is 0.587. The van der Waals surface area contributed by atoms with E-state index >= 15 is 0 Å². The van der Waals surface area contributed by atoms with Crippen molar-refractivity contribution >= 4 is 49.6 Å². The number of hydrogen-bond acceptors (Lipinski definition) is 1. The summed E-state index contributed by atoms with van der Waals surface area (Å²) in [5.74, 6) is 0.587. The topological polar surface area (TPSA) is 8.17 Å². The summed E-state index contributed by atoms with van der Waals surface area (Å²) in [6, 6.07) is 78.2. The van der Waals surface area contributed by atoms with E-state index < -0.39 is 0 Å². The smallest absolute Gasteiger partial charge is 0.0561 e. The molecule has 1 aromatic heterocycles. The molecule has 0 spiro atoms. The number of nitrogens with zero attached hydrogens (tertiary/aromatic N) is 2. The van der Waals surface area contributed by atoms with Gasteiger partial charge in [0.05, 0.1) is 16.7 Å². The molecule has 1 fully saturated rings. The lowest BCUT2D eigenvalue weighted by atomic mass is 9.80. The van der Waals surface area contributed by atoms with Crippen LogP contribution >= 0.6 is 0 Å². The van der Waals surface area contributed by atoms with E-state index in [9.17, 15) is 0 Å². The second kappa shape index (κ2) is 15.5. The Kier molecular flexibility index (Phi) is 9.32. The van der Waals surface area contributed by atoms with Crippen molar-refractivity contribution in [2.75, 3.05) is 4.90 Å². The first-order chi connectivity index (χ1) is 29.8. The Bertz CT molecular complexity index is 3090. The third-order valence-electron chi connectivity index (χ3n) is 12.8. The third kappa shape index (κ3) is 6.46. The highest BCUT2D eigenvalue weighted by atomic mass is 15.1. The molecule has 0 bridgehead atoms. The molecule has 0 radical (unpaired) electrons. The van der Waals surface area contributed by atoms with Gasteiger partial charge in [0, 0.05) is 33.4 Å². The second-order valence-electron chi connectivity index (χ2n) is 16.3. The fourth-order valence-corrected chi connectivity index (χ4v) is 9.91. The molecular weight excluding hydrogens is 725 g/mol. The van der Waals surface area contributed by atoms with Gasteiger partial charge in [0.15, 0.2) is 0 Å². The predicted octanol–water partition coefficient (Wildman–Crippen LogP) is 16.5. The minimum Gasteiger partial charge on any atom is -0.310 e. The minimum atomic E-state index is 0.587. The zero-order chi connectivity index (χ0) is 39.8. The second-order valence-corrected chi connectivity index (χ2v) is 16.3. The van der Waals surface area contributed by atoms with Crippen LogP contribution in [0.3, 0.4) is 0 Å². The maximum atomic E-state index is 2.48. The van der Waals surface area contributed by atoms with E-state index in [1.807, 2.05) is 0 Å². The summed E-state index contributed by atoms with van der Waals surface area (Å²) in [6.45, 7) is 0. The summed E-state index contributed by atoms with van der Waals surface area (Å²) in [5, 5.41) is 5.21. The number of benzene rings is 9. The van der Waals surface area contributed by atoms with E-state index in [-0.39, 0.29) is 0 Å². The van der Waals surface area contributed by atoms with Crippen LogP contribution in [-0.4, -0.2) is 4.57 Å². The molecule has 2 nitrogen and oxygen atoms in total. The Morgan fingerprint density at radius 2 is 0.967 bits per heavy atom. The Morgan fingerprint density at radius 3 is 1.72 bits per heavy atom. The summed E-state index contributed by atoms with van der Waals surface area (Å²) >= 11 is 0. The number of aromatic nitrogens is 1. The molecule has 2 heteroatoms. The van der Waals surface area contributed by atoms with Gasteiger partial charge in [-0.1, -0.05) is 183 Å². The molecule has 1 heterocycles. The molecule has 0 aliphatic heterocycles. The molecule has 11 rings (SSSR count). The van der Waals surface area contributed by atoms with Crippen molar-refractivity contribution < 1.29 is 0 Å². The maximum Gasteiger partial charge on any atom is 0.0561 e. The fourth-order valence-electron chi connectivity index (χ4n) is 9.91. The largest absolute Gasteiger partial charge is 0.310 e. The molecule has 0 saturated heterocycles. The molecular formula is C58H46N2. The van der Waals surface area contributed by atoms with Crippen molar-refractivity contribution in [1.82, 2.24) is 4.57 Å². The molecule has 9 aromatic carbocycles. The van der Waals surface area contributed by atoms with Crippen LogP contribution in [0.2, 0.25) is 0 Å². The normalized spacial score (nSPS) is 13.3. The van der Waals surface area contributed by atoms with E-state index in [1.165, 1.54) is 104 Å². The SMILES string of the molecule is c1ccc(-c2ccc(-c3ccc(N(c4ccc5c6ccccc6n(-c6ccccc6)c5c4)c4ccccc4-c4cccc5cccc(C6CCCCC6)c45)cc3)cc2)cc1. The van der Waals surface area contributed by atoms with Crippen LogP contribution in [0.5, 0.6) is 0 Å². The van der Waals surface area contributed by atoms with Gasteiger partial charge < -0.3 is 9.47 Å². The predicted molar refractivity (Wildman–Crippen MR) is 255 cm³/mol. The van der Waals surface area contributed by atoms with Gasteiger partial charge in [0.2, 0.25) is 0 Å². The average molecular weight is 771 g/mol. The van der Waals surface area contributed by atoms with Crippen LogP contribution in [0.25, 0.3) is 71.6 Å². The van der Waals surface area contributed by atoms with Crippen LogP contribution < -0.4 is 4.90 Å². The van der Waals surface area contributed by atoms with E-state index in [4.69, 9.17) is 0 Å². The number of anilines is 3. The van der Waals surface area contributed by atoms with Crippen molar-refractivity contribution in [3.63, 3.8) is 0 Å². The van der Waals surface area contributed by atoms with Crippen molar-refractivity contribution in [3.05, 3.63) is 218 Å². The first-order valence-corrected chi connectivity index (χ1v) is 21.5. The molecule has 60 heavy (non-hydrogen) atoms. The third-order valence-corrected chi connectivity index (χ3v) is 12.8. The Labute approximate surface area is 352 Å². The number of hydrogen-bond donors (Lipinski definition) is 0. The van der Waals surface area contributed by atoms with Crippen LogP contribution in [0, 0.1) is 0 Å². The zero-order valence-corrected chi connectivity index (χ0v) is 33.7. The Hall–Kier alpha value is -7.16. The van der Waals surface area contributed by atoms with Crippen molar-refractivity contribution in [1.29, 1.82) is 0 Å². The lowest BCUT2D eigenvalue weighted by Gasteiger charge is -2.29. The highest BCUT2D eigenvalue weighted by Gasteiger charge is 2.24. The Balaban J connectivity index is 1.10. The van der Waals surface area contributed by atoms with Crippen LogP contribution in [0.4, 0.5) is 17.1 Å². The Morgan fingerprint density at radius 1 is 0.400 bits per heavy atom. The summed E-state index contributed by atoms with van der Waals surface area (Å²) in [5.41, 5.74) is 15.8. The lowest BCUT2D eigenvalue weighted by molar-refractivity contribution is 0.445. The van der Waals surface area contributed by atoms with E-state index in [1.54, 1.807) is 0 Å². The van der Waals surface area contributed by atoms with Gasteiger partial charge in [-0.3, -0.25) is 0 Å². The van der Waals surface area contributed by atoms with E-state index in [0.29, 0.717) is 5.92 Å². The van der Waals surface area contributed by atoms with Gasteiger partial charge in [-0.15, -0.1) is 0 Å². The van der Waals surface area contributed by atoms with Gasteiger partial charge in [-0.05, 0) is 111 Å². The number of para-hydroxylation sites is 3. The fraction of sp³-hybridized carbons (Fsp3) is 0.103. The van der Waals surface area contributed by atoms with Crippen LogP contribution in [0.1, 0.15) is 43.6 Å². The van der Waals surface area contributed by atoms with Crippen molar-refractivity contribution in [2.24, 2.45) is 0 Å². The molecule has 1 saturated carbocycles. The molecule has 0 unspecified atom stereocenters. The molecule has 0 amide bonds. The van der Waals surface area contributed by atoms with Gasteiger partial charge in [0.25, 0.3) is 0 Å². The first kappa shape index (κ1) is 36.0. The van der Waals surface area contributed by atoms with Crippen LogP contribution in [-0.2, 0) is 0 Å². The van der Waals surface area contributed by atoms with Crippen molar-refractivity contribution in [2.45, 2.75) is 38.0 Å². The highest BCUT2D eigenvalue weighted by molar-refractivity contribution is 6.11. The molecule has 1 aliphatic carbocycles. The van der Waals surface area contributed by atoms with Crippen LogP contribution in [0.15, 0.2) is 212 Å². The molecule has 0 atom stereocenters. The summed E-state index contributed by atoms with van der Waals surface area (Å²) < 4.78 is 2.42. The van der Waals surface area contributed by atoms with Gasteiger partial charge >= 0.3 is 0 Å². The molecule has 10 aromatic rings. The quantitative estimate of drug-likeness (QED) is 0.149. The zero-order valence-electron chi connectivity index (χ0n) is 33.7. The first-order valence-electron chi connectivity index (χ1n) is 21.5. The van der Waals surface area contributed by atoms with Gasteiger partial charge in [0.1, 0.15) is 0 Å². The van der Waals surface area contributed by atoms with E-state index in [2.05, 4.69) is 222 Å². The molecule has 0 N–H and O–H groups in total. The van der Waals surface area contributed by atoms with E-state index in [0.717, 1.165) is 22.7 Å². The maximum absolute atomic E-state index is 2.48. The standard InChI is InChI=1S/C58H46N2/c1-4-16-41(17-5-1)42-30-32-43(33-31-42)44-34-36-48(37-35-44)59(49-38-39-53-51-24-10-13-29-56(51)60(57(53)40-49)47-22-8-3-9-23-47)55-28-12-11-25-52(55)54-27-15-21-46-20-14-26-50(58(46)54)45-18-6-2-7-19-45/h1,3-5,8-17,20-40,45H,2,6-7,18-19H2. The molecule has 1 aliphatic rings. The molecule has 288 valence electrons. The highest BCUT2D eigenvalue weighted by Crippen LogP contribution is 2.47. The lowest BCUT2D eigenvalue weighted by Crippen LogP contribution is -2.12. The summed E-state index contributed by atoms with van der Waals surface area (Å²) in [6.07, 6.45) is 6.49. The van der Waals surface area contributed by atoms with Gasteiger partial charge in [-0.25, -0.2) is 0 Å². The number of fused-ring (bicyclic) bond motifs is 4. The average Bonchev–Trinajstić information content (AvgIpc) is 3.66. The summed E-state index contributed by atoms with van der Waals surface area (Å²) in [4.78, 5) is 2.48. The summed E-state index contributed by atoms with van der Waals surface area (Å²) in [7, 11) is 0. The van der Waals surface area contributed by atoms with Gasteiger partial charge in [-0.2, -0.15) is 0 Å². The number of rotatable bonds is 8. The monoisotopic (exact) mass is 770 g/mol. The van der Waals surface area contributed by atoms with Crippen molar-refractivity contribution in [3.8, 4) is 39.1 Å².